The van der Waals surface area contributed by atoms with Gasteiger partial charge >= 0.3 is 0 Å². The van der Waals surface area contributed by atoms with Crippen molar-refractivity contribution in [2.45, 2.75) is 46.6 Å². The molecule has 0 fully saturated rings. The van der Waals surface area contributed by atoms with E-state index in [0.717, 1.165) is 11.0 Å². The maximum absolute atomic E-state index is 11.1. The van der Waals surface area contributed by atoms with Crippen molar-refractivity contribution in [2.24, 2.45) is 0 Å². The first-order valence-corrected chi connectivity index (χ1v) is 6.69. The van der Waals surface area contributed by atoms with Gasteiger partial charge in [-0.1, -0.05) is 13.8 Å². The Kier molecular flexibility index (Phi) is 3.60. The second-order valence-corrected chi connectivity index (χ2v) is 5.49. The monoisotopic (exact) mass is 259 g/mol. The highest BCUT2D eigenvalue weighted by molar-refractivity contribution is 5.90. The molecule has 2 aromatic rings. The summed E-state index contributed by atoms with van der Waals surface area (Å²) < 4.78 is 2.16. The highest BCUT2D eigenvalue weighted by Crippen LogP contribution is 2.29. The summed E-state index contributed by atoms with van der Waals surface area (Å²) in [6, 6.07) is 4.25. The van der Waals surface area contributed by atoms with Gasteiger partial charge in [0.1, 0.15) is 11.5 Å². The molecule has 0 aliphatic heterocycles. The van der Waals surface area contributed by atoms with Crippen LogP contribution < -0.4 is 5.32 Å². The molecule has 1 N–H and O–H groups in total. The van der Waals surface area contributed by atoms with E-state index in [0.29, 0.717) is 17.8 Å². The Morgan fingerprint density at radius 3 is 2.47 bits per heavy atom. The molecule has 2 heterocycles. The molecule has 0 saturated carbocycles. The third-order valence-corrected chi connectivity index (χ3v) is 3.19. The summed E-state index contributed by atoms with van der Waals surface area (Å²) in [6.07, 6.45) is 2.17. The molecule has 0 radical (unpaired) electrons. The van der Waals surface area contributed by atoms with Crippen LogP contribution >= 0.6 is 0 Å². The lowest BCUT2D eigenvalue weighted by molar-refractivity contribution is -0.114. The van der Waals surface area contributed by atoms with Gasteiger partial charge in [0, 0.05) is 24.5 Å². The molecule has 19 heavy (non-hydrogen) atoms. The van der Waals surface area contributed by atoms with Crippen LogP contribution in [-0.2, 0) is 4.79 Å². The minimum absolute atomic E-state index is 0.0985. The number of nitrogens with one attached hydrogen (secondary N) is 1. The second kappa shape index (κ2) is 5.03. The molecule has 1 amide bonds. The molecule has 2 aromatic heterocycles. The average molecular weight is 259 g/mol. The number of carbonyl (C=O) groups excluding carboxylic acids is 1. The van der Waals surface area contributed by atoms with Crippen LogP contribution in [0.5, 0.6) is 0 Å². The van der Waals surface area contributed by atoms with Gasteiger partial charge < -0.3 is 9.88 Å². The lowest BCUT2D eigenvalue weighted by Crippen LogP contribution is -2.08. The minimum Gasteiger partial charge on any atom is -0.330 e. The number of amides is 1. The van der Waals surface area contributed by atoms with Crippen LogP contribution in [-0.4, -0.2) is 15.5 Å². The van der Waals surface area contributed by atoms with Crippen LogP contribution in [0.15, 0.2) is 18.3 Å². The van der Waals surface area contributed by atoms with Crippen molar-refractivity contribution in [1.82, 2.24) is 9.55 Å². The number of aromatic nitrogens is 2. The van der Waals surface area contributed by atoms with E-state index in [-0.39, 0.29) is 5.91 Å². The summed E-state index contributed by atoms with van der Waals surface area (Å²) in [5, 5.41) is 3.90. The van der Waals surface area contributed by atoms with Gasteiger partial charge in [-0.05, 0) is 37.5 Å². The minimum atomic E-state index is -0.0985. The topological polar surface area (TPSA) is 46.9 Å². The predicted octanol–water partition coefficient (Wildman–Crippen LogP) is 3.70. The van der Waals surface area contributed by atoms with E-state index >= 15 is 0 Å². The molecule has 0 bridgehead atoms. The number of hydrogen-bond donors (Lipinski definition) is 1. The maximum Gasteiger partial charge on any atom is 0.222 e. The van der Waals surface area contributed by atoms with Gasteiger partial charge in [-0.25, -0.2) is 4.98 Å². The van der Waals surface area contributed by atoms with Crippen molar-refractivity contribution in [3.05, 3.63) is 23.9 Å². The third kappa shape index (κ3) is 2.62. The number of anilines is 1. The van der Waals surface area contributed by atoms with E-state index in [1.54, 1.807) is 0 Å². The van der Waals surface area contributed by atoms with Crippen LogP contribution in [0, 0.1) is 0 Å². The molecule has 4 heteroatoms. The molecule has 0 unspecified atom stereocenters. The average Bonchev–Trinajstić information content (AvgIpc) is 2.66. The van der Waals surface area contributed by atoms with Gasteiger partial charge in [-0.15, -0.1) is 0 Å². The smallest absolute Gasteiger partial charge is 0.222 e. The van der Waals surface area contributed by atoms with Crippen LogP contribution in [0.25, 0.3) is 11.0 Å². The van der Waals surface area contributed by atoms with Crippen molar-refractivity contribution in [3.63, 3.8) is 0 Å². The van der Waals surface area contributed by atoms with E-state index < -0.39 is 0 Å². The summed E-state index contributed by atoms with van der Waals surface area (Å²) in [7, 11) is 0. The molecule has 0 atom stereocenters. The first-order chi connectivity index (χ1) is 8.90. The first-order valence-electron chi connectivity index (χ1n) is 6.69. The van der Waals surface area contributed by atoms with Gasteiger partial charge in [-0.3, -0.25) is 4.79 Å². The SMILES string of the molecule is CC(=O)Nc1ccc2c(C(C)C)cn(C(C)C)c2n1. The maximum atomic E-state index is 11.1. The van der Waals surface area contributed by atoms with E-state index in [2.05, 4.69) is 48.8 Å². The molecule has 0 aromatic carbocycles. The highest BCUT2D eigenvalue weighted by Gasteiger charge is 2.14. The van der Waals surface area contributed by atoms with Crippen LogP contribution in [0.4, 0.5) is 5.82 Å². The lowest BCUT2D eigenvalue weighted by atomic mass is 10.0. The molecule has 2 rings (SSSR count). The Bertz CT molecular complexity index is 611. The summed E-state index contributed by atoms with van der Waals surface area (Å²) in [5.41, 5.74) is 2.23. The highest BCUT2D eigenvalue weighted by atomic mass is 16.1. The zero-order valence-corrected chi connectivity index (χ0v) is 12.2. The van der Waals surface area contributed by atoms with Gasteiger partial charge in [-0.2, -0.15) is 0 Å². The molecule has 4 nitrogen and oxygen atoms in total. The van der Waals surface area contributed by atoms with E-state index in [1.165, 1.54) is 12.5 Å². The van der Waals surface area contributed by atoms with Gasteiger partial charge in [0.15, 0.2) is 0 Å². The second-order valence-electron chi connectivity index (χ2n) is 5.49. The third-order valence-electron chi connectivity index (χ3n) is 3.19. The predicted molar refractivity (Wildman–Crippen MR) is 78.5 cm³/mol. The number of pyridine rings is 1. The lowest BCUT2D eigenvalue weighted by Gasteiger charge is -2.09. The Morgan fingerprint density at radius 2 is 1.95 bits per heavy atom. The Balaban J connectivity index is 2.62. The molecule has 102 valence electrons. The van der Waals surface area contributed by atoms with E-state index in [4.69, 9.17) is 0 Å². The molecule has 0 spiro atoms. The largest absolute Gasteiger partial charge is 0.330 e. The van der Waals surface area contributed by atoms with E-state index in [9.17, 15) is 4.79 Å². The molecule has 0 aliphatic carbocycles. The van der Waals surface area contributed by atoms with Crippen LogP contribution in [0.2, 0.25) is 0 Å². The van der Waals surface area contributed by atoms with Crippen LogP contribution in [0.3, 0.4) is 0 Å². The number of nitrogens with zero attached hydrogens (tertiary/aromatic N) is 2. The first kappa shape index (κ1) is 13.6. The van der Waals surface area contributed by atoms with E-state index in [1.807, 2.05) is 12.1 Å². The van der Waals surface area contributed by atoms with Crippen molar-refractivity contribution < 1.29 is 4.79 Å². The fourth-order valence-corrected chi connectivity index (χ4v) is 2.25. The molecular weight excluding hydrogens is 238 g/mol. The number of hydrogen-bond acceptors (Lipinski definition) is 2. The summed E-state index contributed by atoms with van der Waals surface area (Å²) in [6.45, 7) is 10.1. The van der Waals surface area contributed by atoms with Crippen molar-refractivity contribution in [1.29, 1.82) is 0 Å². The van der Waals surface area contributed by atoms with Gasteiger partial charge in [0.2, 0.25) is 5.91 Å². The van der Waals surface area contributed by atoms with Crippen molar-refractivity contribution in [3.8, 4) is 0 Å². The molecule has 0 saturated heterocycles. The molecular formula is C15H21N3O. The molecule has 0 aliphatic rings. The zero-order chi connectivity index (χ0) is 14.2. The fourth-order valence-electron chi connectivity index (χ4n) is 2.25. The van der Waals surface area contributed by atoms with Crippen molar-refractivity contribution >= 4 is 22.8 Å². The number of carbonyl (C=O) groups is 1. The zero-order valence-electron chi connectivity index (χ0n) is 12.2. The Labute approximate surface area is 113 Å². The van der Waals surface area contributed by atoms with Gasteiger partial charge in [0.25, 0.3) is 0 Å². The number of rotatable bonds is 3. The Morgan fingerprint density at radius 1 is 1.26 bits per heavy atom. The number of fused-ring (bicyclic) bond motifs is 1. The fraction of sp³-hybridized carbons (Fsp3) is 0.467. The summed E-state index contributed by atoms with van der Waals surface area (Å²) >= 11 is 0. The quantitative estimate of drug-likeness (QED) is 0.913. The normalized spacial score (nSPS) is 11.5. The Hall–Kier alpha value is -1.84. The summed E-state index contributed by atoms with van der Waals surface area (Å²) in [5.74, 6) is 0.963. The van der Waals surface area contributed by atoms with Crippen LogP contribution in [0.1, 0.15) is 52.1 Å². The van der Waals surface area contributed by atoms with Crippen molar-refractivity contribution in [2.75, 3.05) is 5.32 Å². The van der Waals surface area contributed by atoms with Gasteiger partial charge in [0.05, 0.1) is 0 Å². The summed E-state index contributed by atoms with van der Waals surface area (Å²) in [4.78, 5) is 15.7. The standard InChI is InChI=1S/C15H21N3O/c1-9(2)13-8-18(10(3)4)15-12(13)6-7-14(17-15)16-11(5)19/h6-10H,1-5H3,(H,16,17,19).